The predicted octanol–water partition coefficient (Wildman–Crippen LogP) is 3.73. The fourth-order valence-corrected chi connectivity index (χ4v) is 1.45. The van der Waals surface area contributed by atoms with Crippen LogP contribution in [0.1, 0.15) is 58.8 Å². The van der Waals surface area contributed by atoms with Gasteiger partial charge >= 0.3 is 0 Å². The molecule has 0 fully saturated rings. The van der Waals surface area contributed by atoms with Crippen molar-refractivity contribution in [2.75, 3.05) is 6.54 Å². The van der Waals surface area contributed by atoms with Crippen LogP contribution >= 0.6 is 0 Å². The highest BCUT2D eigenvalue weighted by Gasteiger charge is 2.01. The van der Waals surface area contributed by atoms with Gasteiger partial charge in [0.15, 0.2) is 0 Å². The number of allylic oxidation sites excluding steroid dienone is 1. The van der Waals surface area contributed by atoms with Gasteiger partial charge in [-0.15, -0.1) is 0 Å². The molecule has 0 heterocycles. The van der Waals surface area contributed by atoms with Crippen LogP contribution in [0.4, 0.5) is 4.39 Å². The van der Waals surface area contributed by atoms with Crippen LogP contribution in [0.5, 0.6) is 0 Å². The van der Waals surface area contributed by atoms with E-state index in [2.05, 4.69) is 12.2 Å². The van der Waals surface area contributed by atoms with E-state index in [-0.39, 0.29) is 18.3 Å². The van der Waals surface area contributed by atoms with Crippen molar-refractivity contribution in [2.45, 2.75) is 58.8 Å². The molecule has 16 heavy (non-hydrogen) atoms. The number of halogens is 1. The van der Waals surface area contributed by atoms with Gasteiger partial charge in [0, 0.05) is 6.42 Å². The van der Waals surface area contributed by atoms with E-state index in [0.29, 0.717) is 12.8 Å². The molecule has 0 bridgehead atoms. The molecule has 0 aliphatic heterocycles. The monoisotopic (exact) mass is 229 g/mol. The number of nitrogens with one attached hydrogen (secondary N) is 1. The molecule has 0 radical (unpaired) electrons. The first kappa shape index (κ1) is 15.1. The normalized spacial score (nSPS) is 11.6. The average molecular weight is 229 g/mol. The second-order valence-electron chi connectivity index (χ2n) is 4.00. The number of rotatable bonds is 9. The number of carbonyl (C=O) groups excluding carboxylic acids is 1. The fraction of sp³-hybridized carbons (Fsp3) is 0.769. The lowest BCUT2D eigenvalue weighted by molar-refractivity contribution is -0.121. The Bertz CT molecular complexity index is 214. The first-order chi connectivity index (χ1) is 7.70. The smallest absolute Gasteiger partial charge is 0.220 e. The number of carbonyl (C=O) groups is 1. The van der Waals surface area contributed by atoms with Gasteiger partial charge in [-0.25, -0.2) is 4.39 Å². The molecule has 0 spiro atoms. The summed E-state index contributed by atoms with van der Waals surface area (Å²) < 4.78 is 12.9. The molecule has 1 amide bonds. The van der Waals surface area contributed by atoms with Crippen molar-refractivity contribution >= 4 is 5.91 Å². The Labute approximate surface area is 98.3 Å². The minimum absolute atomic E-state index is 0.0433. The van der Waals surface area contributed by atoms with E-state index < -0.39 is 0 Å². The third kappa shape index (κ3) is 9.69. The predicted molar refractivity (Wildman–Crippen MR) is 65.9 cm³/mol. The van der Waals surface area contributed by atoms with Gasteiger partial charge in [0.05, 0.1) is 6.54 Å². The van der Waals surface area contributed by atoms with Crippen LogP contribution in [0.15, 0.2) is 11.9 Å². The number of amides is 1. The van der Waals surface area contributed by atoms with Crippen LogP contribution in [-0.4, -0.2) is 12.5 Å². The highest BCUT2D eigenvalue weighted by Crippen LogP contribution is 2.05. The zero-order valence-corrected chi connectivity index (χ0v) is 10.5. The largest absolute Gasteiger partial charge is 0.350 e. The van der Waals surface area contributed by atoms with Gasteiger partial charge in [-0.3, -0.25) is 4.79 Å². The van der Waals surface area contributed by atoms with Crippen molar-refractivity contribution in [1.82, 2.24) is 5.32 Å². The Balaban J connectivity index is 3.41. The van der Waals surface area contributed by atoms with E-state index in [1.54, 1.807) is 0 Å². The van der Waals surface area contributed by atoms with E-state index in [1.807, 2.05) is 6.92 Å². The van der Waals surface area contributed by atoms with Gasteiger partial charge in [0.25, 0.3) is 0 Å². The van der Waals surface area contributed by atoms with Crippen molar-refractivity contribution in [3.8, 4) is 0 Å². The molecule has 0 aromatic rings. The van der Waals surface area contributed by atoms with Crippen LogP contribution in [0.25, 0.3) is 0 Å². The van der Waals surface area contributed by atoms with Crippen LogP contribution in [0.2, 0.25) is 0 Å². The van der Waals surface area contributed by atoms with Crippen molar-refractivity contribution < 1.29 is 9.18 Å². The summed E-state index contributed by atoms with van der Waals surface area (Å²) in [5.41, 5.74) is 0. The van der Waals surface area contributed by atoms with Crippen LogP contribution in [-0.2, 0) is 4.79 Å². The lowest BCUT2D eigenvalue weighted by Crippen LogP contribution is -2.24. The molecule has 0 atom stereocenters. The summed E-state index contributed by atoms with van der Waals surface area (Å²) in [6.45, 7) is 4.08. The maximum absolute atomic E-state index is 12.9. The van der Waals surface area contributed by atoms with Gasteiger partial charge in [0.2, 0.25) is 5.91 Å². The quantitative estimate of drug-likeness (QED) is 0.600. The maximum Gasteiger partial charge on any atom is 0.220 e. The second-order valence-corrected chi connectivity index (χ2v) is 4.00. The summed E-state index contributed by atoms with van der Waals surface area (Å²) >= 11 is 0. The summed E-state index contributed by atoms with van der Waals surface area (Å²) in [6, 6.07) is 0. The summed E-state index contributed by atoms with van der Waals surface area (Å²) in [6.07, 6.45) is 8.30. The molecular weight excluding hydrogens is 205 g/mol. The molecule has 0 saturated heterocycles. The Morgan fingerprint density at radius 3 is 2.50 bits per heavy atom. The van der Waals surface area contributed by atoms with Gasteiger partial charge in [0.1, 0.15) is 5.83 Å². The molecule has 0 rings (SSSR count). The van der Waals surface area contributed by atoms with Crippen LogP contribution < -0.4 is 5.32 Å². The molecule has 3 heteroatoms. The Morgan fingerprint density at radius 2 is 1.88 bits per heavy atom. The van der Waals surface area contributed by atoms with Gasteiger partial charge in [-0.05, 0) is 12.8 Å². The first-order valence-corrected chi connectivity index (χ1v) is 6.31. The van der Waals surface area contributed by atoms with E-state index in [9.17, 15) is 9.18 Å². The van der Waals surface area contributed by atoms with E-state index in [1.165, 1.54) is 25.3 Å². The molecule has 0 saturated carbocycles. The lowest BCUT2D eigenvalue weighted by Gasteiger charge is -2.03. The number of hydrogen-bond donors (Lipinski definition) is 1. The van der Waals surface area contributed by atoms with Gasteiger partial charge in [-0.1, -0.05) is 45.6 Å². The van der Waals surface area contributed by atoms with E-state index >= 15 is 0 Å². The Hall–Kier alpha value is -0.860. The van der Waals surface area contributed by atoms with Crippen molar-refractivity contribution in [2.24, 2.45) is 0 Å². The lowest BCUT2D eigenvalue weighted by atomic mass is 10.1. The first-order valence-electron chi connectivity index (χ1n) is 6.31. The molecule has 0 aliphatic carbocycles. The van der Waals surface area contributed by atoms with E-state index in [0.717, 1.165) is 12.8 Å². The minimum Gasteiger partial charge on any atom is -0.350 e. The fourth-order valence-electron chi connectivity index (χ4n) is 1.45. The number of hydrogen-bond acceptors (Lipinski definition) is 1. The Morgan fingerprint density at radius 1 is 1.19 bits per heavy atom. The molecule has 0 aromatic heterocycles. The highest BCUT2D eigenvalue weighted by molar-refractivity contribution is 5.76. The third-order valence-electron chi connectivity index (χ3n) is 2.39. The molecule has 1 N–H and O–H groups in total. The summed E-state index contributed by atoms with van der Waals surface area (Å²) in [5.74, 6) is -0.294. The zero-order valence-electron chi connectivity index (χ0n) is 10.5. The second kappa shape index (κ2) is 10.7. The maximum atomic E-state index is 12.9. The van der Waals surface area contributed by atoms with Crippen molar-refractivity contribution in [3.05, 3.63) is 11.9 Å². The molecular formula is C13H24FNO. The average Bonchev–Trinajstić information content (AvgIpc) is 2.26. The van der Waals surface area contributed by atoms with Crippen LogP contribution in [0.3, 0.4) is 0 Å². The van der Waals surface area contributed by atoms with Gasteiger partial charge < -0.3 is 5.32 Å². The SMILES string of the molecule is CC/C=C(/F)CNC(=O)CCCCCCC. The van der Waals surface area contributed by atoms with E-state index in [4.69, 9.17) is 0 Å². The molecule has 2 nitrogen and oxygen atoms in total. The highest BCUT2D eigenvalue weighted by atomic mass is 19.1. The number of unbranched alkanes of at least 4 members (excludes halogenated alkanes) is 4. The standard InChI is InChI=1S/C13H24FNO/c1-3-5-6-7-8-10-13(16)15-11-12(14)9-4-2/h9H,3-8,10-11H2,1-2H3,(H,15,16)/b12-9+. The minimum atomic E-state index is -0.248. The van der Waals surface area contributed by atoms with Gasteiger partial charge in [-0.2, -0.15) is 0 Å². The summed E-state index contributed by atoms with van der Waals surface area (Å²) in [7, 11) is 0. The van der Waals surface area contributed by atoms with Crippen LogP contribution in [0, 0.1) is 0 Å². The summed E-state index contributed by atoms with van der Waals surface area (Å²) in [5, 5.41) is 2.58. The molecule has 0 unspecified atom stereocenters. The third-order valence-corrected chi connectivity index (χ3v) is 2.39. The molecule has 0 aromatic carbocycles. The summed E-state index contributed by atoms with van der Waals surface area (Å²) in [4.78, 5) is 11.3. The topological polar surface area (TPSA) is 29.1 Å². The molecule has 0 aliphatic rings. The van der Waals surface area contributed by atoms with Crippen molar-refractivity contribution in [3.63, 3.8) is 0 Å². The zero-order chi connectivity index (χ0) is 12.2. The molecule has 94 valence electrons. The van der Waals surface area contributed by atoms with Crippen molar-refractivity contribution in [1.29, 1.82) is 0 Å². The Kier molecular flexibility index (Phi) is 10.1.